The van der Waals surface area contributed by atoms with Crippen LogP contribution in [0, 0.1) is 10.5 Å². The molecule has 19 heavy (non-hydrogen) atoms. The highest BCUT2D eigenvalue weighted by Crippen LogP contribution is 2.17. The van der Waals surface area contributed by atoms with Gasteiger partial charge in [-0.25, -0.2) is 0 Å². The summed E-state index contributed by atoms with van der Waals surface area (Å²) >= 11 is 7.41. The third-order valence-electron chi connectivity index (χ3n) is 3.35. The number of carbonyl (C=O) groups is 1. The Hall–Kier alpha value is -0.690. The lowest BCUT2D eigenvalue weighted by molar-refractivity contribution is 0.0976. The number of benzene rings is 1. The molecular formula is C14H17IN2OS. The number of amides is 1. The highest BCUT2D eigenvalue weighted by Gasteiger charge is 2.16. The largest absolute Gasteiger partial charge is 0.360 e. The molecule has 0 radical (unpaired) electrons. The van der Waals surface area contributed by atoms with Crippen molar-refractivity contribution in [3.05, 3.63) is 32.9 Å². The summed E-state index contributed by atoms with van der Waals surface area (Å²) in [5, 5.41) is 6.39. The summed E-state index contributed by atoms with van der Waals surface area (Å²) < 4.78 is 1.08. The average molecular weight is 388 g/mol. The van der Waals surface area contributed by atoms with Gasteiger partial charge in [0.15, 0.2) is 5.11 Å². The third-order valence-corrected chi connectivity index (χ3v) is 4.73. The predicted octanol–water partition coefficient (Wildman–Crippen LogP) is 3.15. The van der Waals surface area contributed by atoms with E-state index in [2.05, 4.69) is 33.2 Å². The van der Waals surface area contributed by atoms with Crippen LogP contribution in [0.5, 0.6) is 0 Å². The summed E-state index contributed by atoms with van der Waals surface area (Å²) in [5.41, 5.74) is 1.81. The summed E-state index contributed by atoms with van der Waals surface area (Å²) in [7, 11) is 0. The van der Waals surface area contributed by atoms with Crippen LogP contribution in [0.2, 0.25) is 0 Å². The normalized spacial score (nSPS) is 15.3. The van der Waals surface area contributed by atoms with Crippen LogP contribution >= 0.6 is 34.8 Å². The Balaban J connectivity index is 1.92. The minimum atomic E-state index is -0.145. The van der Waals surface area contributed by atoms with Crippen molar-refractivity contribution in [1.82, 2.24) is 10.6 Å². The molecule has 1 aromatic carbocycles. The van der Waals surface area contributed by atoms with Crippen LogP contribution in [0.15, 0.2) is 18.2 Å². The van der Waals surface area contributed by atoms with Crippen molar-refractivity contribution in [2.24, 2.45) is 0 Å². The van der Waals surface area contributed by atoms with Gasteiger partial charge in [-0.15, -0.1) is 0 Å². The van der Waals surface area contributed by atoms with Gasteiger partial charge in [0.25, 0.3) is 5.91 Å². The molecule has 5 heteroatoms. The van der Waals surface area contributed by atoms with Gasteiger partial charge in [0.2, 0.25) is 0 Å². The van der Waals surface area contributed by atoms with E-state index in [-0.39, 0.29) is 5.91 Å². The fourth-order valence-electron chi connectivity index (χ4n) is 2.20. The molecule has 1 amide bonds. The van der Waals surface area contributed by atoms with Gasteiger partial charge in [-0.1, -0.05) is 18.9 Å². The van der Waals surface area contributed by atoms with Crippen LogP contribution in [-0.2, 0) is 0 Å². The maximum Gasteiger partial charge on any atom is 0.257 e. The number of hydrogen-bond acceptors (Lipinski definition) is 2. The first-order valence-electron chi connectivity index (χ1n) is 6.44. The maximum atomic E-state index is 12.1. The van der Waals surface area contributed by atoms with Crippen molar-refractivity contribution in [1.29, 1.82) is 0 Å². The van der Waals surface area contributed by atoms with Gasteiger partial charge >= 0.3 is 0 Å². The van der Waals surface area contributed by atoms with Crippen molar-refractivity contribution >= 4 is 45.8 Å². The van der Waals surface area contributed by atoms with E-state index in [1.807, 2.05) is 25.1 Å². The quantitative estimate of drug-likeness (QED) is 0.604. The van der Waals surface area contributed by atoms with E-state index in [4.69, 9.17) is 12.2 Å². The number of nitrogens with one attached hydrogen (secondary N) is 2. The fraction of sp³-hybridized carbons (Fsp3) is 0.429. The molecule has 1 fully saturated rings. The summed E-state index contributed by atoms with van der Waals surface area (Å²) in [6, 6.07) is 6.07. The predicted molar refractivity (Wildman–Crippen MR) is 89.4 cm³/mol. The number of thiocarbonyl (C=S) groups is 1. The van der Waals surface area contributed by atoms with E-state index in [9.17, 15) is 4.79 Å². The highest BCUT2D eigenvalue weighted by atomic mass is 127. The SMILES string of the molecule is Cc1ccc(C(=O)NC(=S)NC2CCCC2)cc1I. The molecule has 0 saturated heterocycles. The van der Waals surface area contributed by atoms with Gasteiger partial charge in [-0.05, 0) is 72.3 Å². The summed E-state index contributed by atoms with van der Waals surface area (Å²) in [6.07, 6.45) is 4.76. The second-order valence-electron chi connectivity index (χ2n) is 4.87. The average Bonchev–Trinajstić information content (AvgIpc) is 2.85. The molecule has 0 aliphatic heterocycles. The zero-order valence-corrected chi connectivity index (χ0v) is 13.8. The maximum absolute atomic E-state index is 12.1. The molecule has 3 nitrogen and oxygen atoms in total. The molecule has 0 unspecified atom stereocenters. The van der Waals surface area contributed by atoms with Crippen molar-refractivity contribution in [3.63, 3.8) is 0 Å². The van der Waals surface area contributed by atoms with Crippen LogP contribution in [0.4, 0.5) is 0 Å². The van der Waals surface area contributed by atoms with Gasteiger partial charge in [-0.2, -0.15) is 0 Å². The smallest absolute Gasteiger partial charge is 0.257 e. The molecule has 1 aliphatic carbocycles. The molecule has 102 valence electrons. The van der Waals surface area contributed by atoms with Crippen LogP contribution in [0.25, 0.3) is 0 Å². The van der Waals surface area contributed by atoms with Crippen LogP contribution in [0.3, 0.4) is 0 Å². The molecule has 1 saturated carbocycles. The van der Waals surface area contributed by atoms with Gasteiger partial charge in [0, 0.05) is 15.2 Å². The van der Waals surface area contributed by atoms with Crippen molar-refractivity contribution in [2.45, 2.75) is 38.6 Å². The molecule has 0 aromatic heterocycles. The molecular weight excluding hydrogens is 371 g/mol. The zero-order chi connectivity index (χ0) is 13.8. The number of carbonyl (C=O) groups excluding carboxylic acids is 1. The highest BCUT2D eigenvalue weighted by molar-refractivity contribution is 14.1. The summed E-state index contributed by atoms with van der Waals surface area (Å²) in [4.78, 5) is 12.1. The van der Waals surface area contributed by atoms with E-state index >= 15 is 0 Å². The van der Waals surface area contributed by atoms with Crippen LogP contribution in [-0.4, -0.2) is 17.1 Å². The number of halogens is 1. The van der Waals surface area contributed by atoms with E-state index < -0.39 is 0 Å². The van der Waals surface area contributed by atoms with E-state index in [1.54, 1.807) is 0 Å². The topological polar surface area (TPSA) is 41.1 Å². The van der Waals surface area contributed by atoms with Crippen molar-refractivity contribution in [2.75, 3.05) is 0 Å². The monoisotopic (exact) mass is 388 g/mol. The van der Waals surface area contributed by atoms with Gasteiger partial charge in [0.05, 0.1) is 0 Å². The first-order valence-corrected chi connectivity index (χ1v) is 7.93. The summed E-state index contributed by atoms with van der Waals surface area (Å²) in [6.45, 7) is 2.02. The summed E-state index contributed by atoms with van der Waals surface area (Å²) in [5.74, 6) is -0.145. The molecule has 0 heterocycles. The first-order chi connectivity index (χ1) is 9.06. The zero-order valence-electron chi connectivity index (χ0n) is 10.8. The second-order valence-corrected chi connectivity index (χ2v) is 6.44. The Morgan fingerprint density at radius 2 is 2.05 bits per heavy atom. The van der Waals surface area contributed by atoms with Crippen LogP contribution in [0.1, 0.15) is 41.6 Å². The number of hydrogen-bond donors (Lipinski definition) is 2. The second kappa shape index (κ2) is 6.65. The van der Waals surface area contributed by atoms with E-state index in [1.165, 1.54) is 18.4 Å². The first kappa shape index (κ1) is 14.7. The lowest BCUT2D eigenvalue weighted by atomic mass is 10.1. The van der Waals surface area contributed by atoms with Crippen molar-refractivity contribution < 1.29 is 4.79 Å². The molecule has 2 N–H and O–H groups in total. The van der Waals surface area contributed by atoms with Crippen molar-refractivity contribution in [3.8, 4) is 0 Å². The Kier molecular flexibility index (Phi) is 5.15. The molecule has 1 aromatic rings. The third kappa shape index (κ3) is 4.14. The van der Waals surface area contributed by atoms with Crippen LogP contribution < -0.4 is 10.6 Å². The fourth-order valence-corrected chi connectivity index (χ4v) is 2.98. The molecule has 0 spiro atoms. The minimum Gasteiger partial charge on any atom is -0.360 e. The molecule has 0 atom stereocenters. The van der Waals surface area contributed by atoms with E-state index in [0.717, 1.165) is 16.4 Å². The Morgan fingerprint density at radius 1 is 1.37 bits per heavy atom. The van der Waals surface area contributed by atoms with Gasteiger partial charge in [-0.3, -0.25) is 10.1 Å². The molecule has 1 aliphatic rings. The standard InChI is InChI=1S/C14H17IN2OS/c1-9-6-7-10(8-12(9)15)13(18)17-14(19)16-11-4-2-3-5-11/h6-8,11H,2-5H2,1H3,(H2,16,17,18,19). The molecule has 2 rings (SSSR count). The lowest BCUT2D eigenvalue weighted by Gasteiger charge is -2.15. The molecule has 0 bridgehead atoms. The Labute approximate surface area is 132 Å². The minimum absolute atomic E-state index is 0.145. The lowest BCUT2D eigenvalue weighted by Crippen LogP contribution is -2.43. The van der Waals surface area contributed by atoms with Gasteiger partial charge < -0.3 is 5.32 Å². The number of aryl methyl sites for hydroxylation is 1. The number of rotatable bonds is 2. The van der Waals surface area contributed by atoms with Gasteiger partial charge in [0.1, 0.15) is 0 Å². The Morgan fingerprint density at radius 3 is 2.68 bits per heavy atom. The van der Waals surface area contributed by atoms with E-state index in [0.29, 0.717) is 16.7 Å². The Bertz CT molecular complexity index is 498.